The van der Waals surface area contributed by atoms with E-state index in [0.29, 0.717) is 17.9 Å². The number of nitrogens with zero attached hydrogens (tertiary/aromatic N) is 2. The lowest BCUT2D eigenvalue weighted by Gasteiger charge is -2.34. The van der Waals surface area contributed by atoms with Crippen molar-refractivity contribution < 1.29 is 9.53 Å². The van der Waals surface area contributed by atoms with Gasteiger partial charge < -0.3 is 15.4 Å². The van der Waals surface area contributed by atoms with Crippen LogP contribution in [0.3, 0.4) is 0 Å². The third-order valence-corrected chi connectivity index (χ3v) is 5.62. The third kappa shape index (κ3) is 3.41. The Morgan fingerprint density at radius 2 is 1.90 bits per heavy atom. The summed E-state index contributed by atoms with van der Waals surface area (Å²) in [6.45, 7) is 7.73. The molecule has 4 atom stereocenters. The van der Waals surface area contributed by atoms with Gasteiger partial charge in [0, 0.05) is 44.2 Å². The van der Waals surface area contributed by atoms with Gasteiger partial charge in [-0.3, -0.25) is 9.69 Å². The van der Waals surface area contributed by atoms with Crippen LogP contribution < -0.4 is 5.73 Å². The Balaban J connectivity index is 1.52. The second-order valence-electron chi connectivity index (χ2n) is 7.03. The summed E-state index contributed by atoms with van der Waals surface area (Å²) < 4.78 is 5.42. The summed E-state index contributed by atoms with van der Waals surface area (Å²) in [6.07, 6.45) is 4.06. The van der Waals surface area contributed by atoms with E-state index in [1.165, 1.54) is 0 Å². The molecule has 3 rings (SSSR count). The Morgan fingerprint density at radius 1 is 1.14 bits per heavy atom. The second-order valence-corrected chi connectivity index (χ2v) is 7.03. The Bertz CT molecular complexity index is 371. The van der Waals surface area contributed by atoms with E-state index in [-0.39, 0.29) is 12.0 Å². The van der Waals surface area contributed by atoms with E-state index in [0.717, 1.165) is 65.1 Å². The maximum Gasteiger partial charge on any atom is 0.225 e. The van der Waals surface area contributed by atoms with Crippen LogP contribution in [-0.4, -0.2) is 67.2 Å². The molecule has 4 unspecified atom stereocenters. The number of nitrogens with two attached hydrogens (primary N) is 1. The van der Waals surface area contributed by atoms with Crippen LogP contribution in [-0.2, 0) is 9.53 Å². The molecule has 0 aromatic rings. The van der Waals surface area contributed by atoms with Crippen LogP contribution >= 0.6 is 0 Å². The molecule has 2 aliphatic heterocycles. The van der Waals surface area contributed by atoms with Gasteiger partial charge in [-0.2, -0.15) is 0 Å². The van der Waals surface area contributed by atoms with Gasteiger partial charge in [0.1, 0.15) is 0 Å². The van der Waals surface area contributed by atoms with Crippen LogP contribution in [0.4, 0.5) is 0 Å². The van der Waals surface area contributed by atoms with Gasteiger partial charge in [-0.25, -0.2) is 0 Å². The lowest BCUT2D eigenvalue weighted by molar-refractivity contribution is -0.136. The first-order valence-corrected chi connectivity index (χ1v) is 8.51. The van der Waals surface area contributed by atoms with E-state index in [4.69, 9.17) is 10.5 Å². The minimum atomic E-state index is 0.211. The van der Waals surface area contributed by atoms with Gasteiger partial charge >= 0.3 is 0 Å². The topological polar surface area (TPSA) is 58.8 Å². The van der Waals surface area contributed by atoms with E-state index in [1.807, 2.05) is 0 Å². The summed E-state index contributed by atoms with van der Waals surface area (Å²) in [7, 11) is 0. The molecule has 2 saturated heterocycles. The van der Waals surface area contributed by atoms with E-state index < -0.39 is 0 Å². The van der Waals surface area contributed by atoms with Crippen LogP contribution in [0.25, 0.3) is 0 Å². The Labute approximate surface area is 127 Å². The van der Waals surface area contributed by atoms with Crippen LogP contribution in [0.2, 0.25) is 0 Å². The van der Waals surface area contributed by atoms with E-state index >= 15 is 0 Å². The highest BCUT2D eigenvalue weighted by Gasteiger charge is 2.36. The first kappa shape index (κ1) is 15.3. The molecule has 120 valence electrons. The molecule has 5 nitrogen and oxygen atoms in total. The van der Waals surface area contributed by atoms with Crippen molar-refractivity contribution in [2.75, 3.05) is 39.4 Å². The molecule has 2 N–H and O–H groups in total. The molecule has 1 saturated carbocycles. The Morgan fingerprint density at radius 3 is 2.62 bits per heavy atom. The first-order valence-electron chi connectivity index (χ1n) is 8.51. The summed E-state index contributed by atoms with van der Waals surface area (Å²) in [5.41, 5.74) is 6.07. The van der Waals surface area contributed by atoms with Gasteiger partial charge in [-0.1, -0.05) is 6.92 Å². The summed E-state index contributed by atoms with van der Waals surface area (Å²) in [4.78, 5) is 17.3. The monoisotopic (exact) mass is 295 g/mol. The quantitative estimate of drug-likeness (QED) is 0.814. The van der Waals surface area contributed by atoms with Crippen LogP contribution in [0.1, 0.15) is 32.6 Å². The maximum absolute atomic E-state index is 12.7. The molecular formula is C16H29N3O2. The molecule has 0 spiro atoms. The fourth-order valence-electron chi connectivity index (χ4n) is 4.08. The first-order chi connectivity index (χ1) is 10.1. The zero-order valence-corrected chi connectivity index (χ0v) is 13.2. The molecule has 1 amide bonds. The largest absolute Gasteiger partial charge is 0.379 e. The van der Waals surface area contributed by atoms with E-state index in [9.17, 15) is 4.79 Å². The van der Waals surface area contributed by atoms with Crippen molar-refractivity contribution in [3.05, 3.63) is 0 Å². The molecule has 21 heavy (non-hydrogen) atoms. The molecule has 3 fully saturated rings. The zero-order valence-electron chi connectivity index (χ0n) is 13.2. The Kier molecular flexibility index (Phi) is 4.82. The number of rotatable bonds is 2. The predicted octanol–water partition coefficient (Wildman–Crippen LogP) is 0.683. The zero-order chi connectivity index (χ0) is 14.8. The van der Waals surface area contributed by atoms with E-state index in [2.05, 4.69) is 16.7 Å². The van der Waals surface area contributed by atoms with Crippen molar-refractivity contribution in [2.24, 2.45) is 17.6 Å². The van der Waals surface area contributed by atoms with Crippen LogP contribution in [0, 0.1) is 11.8 Å². The normalized spacial score (nSPS) is 38.7. The molecule has 1 aliphatic carbocycles. The molecule has 5 heteroatoms. The number of morpholine rings is 1. The predicted molar refractivity (Wildman–Crippen MR) is 81.9 cm³/mol. The summed E-state index contributed by atoms with van der Waals surface area (Å²) >= 11 is 0. The molecule has 0 bridgehead atoms. The van der Waals surface area contributed by atoms with Crippen molar-refractivity contribution in [3.63, 3.8) is 0 Å². The average molecular weight is 295 g/mol. The lowest BCUT2D eigenvalue weighted by Crippen LogP contribution is -2.46. The fourth-order valence-corrected chi connectivity index (χ4v) is 4.08. The molecule has 3 aliphatic rings. The fraction of sp³-hybridized carbons (Fsp3) is 0.938. The van der Waals surface area contributed by atoms with Crippen molar-refractivity contribution >= 4 is 5.91 Å². The molecule has 0 radical (unpaired) electrons. The number of ether oxygens (including phenoxy) is 1. The maximum atomic E-state index is 12.7. The minimum Gasteiger partial charge on any atom is -0.379 e. The minimum absolute atomic E-state index is 0.211. The van der Waals surface area contributed by atoms with Crippen molar-refractivity contribution in [2.45, 2.75) is 44.7 Å². The highest BCUT2D eigenvalue weighted by atomic mass is 16.5. The average Bonchev–Trinajstić information content (AvgIpc) is 3.00. The van der Waals surface area contributed by atoms with Crippen molar-refractivity contribution in [1.82, 2.24) is 9.80 Å². The SMILES string of the molecule is CC1CC(C(=O)N2CCC(N3CCOCC3)C2)CCC1N. The lowest BCUT2D eigenvalue weighted by atomic mass is 9.79. The number of amides is 1. The number of carbonyl (C=O) groups excluding carboxylic acids is 1. The van der Waals surface area contributed by atoms with Crippen molar-refractivity contribution in [1.29, 1.82) is 0 Å². The molecular weight excluding hydrogens is 266 g/mol. The van der Waals surface area contributed by atoms with Gasteiger partial charge in [0.25, 0.3) is 0 Å². The summed E-state index contributed by atoms with van der Waals surface area (Å²) in [6, 6.07) is 0.829. The van der Waals surface area contributed by atoms with Gasteiger partial charge in [-0.05, 0) is 31.6 Å². The highest BCUT2D eigenvalue weighted by molar-refractivity contribution is 5.79. The molecule has 2 heterocycles. The number of carbonyl (C=O) groups is 1. The smallest absolute Gasteiger partial charge is 0.225 e. The molecule has 0 aromatic carbocycles. The standard InChI is InChI=1S/C16H29N3O2/c1-12-10-13(2-3-15(12)17)16(20)19-5-4-14(11-19)18-6-8-21-9-7-18/h12-15H,2-11,17H2,1H3. The van der Waals surface area contributed by atoms with Crippen LogP contribution in [0.15, 0.2) is 0 Å². The number of hydrogen-bond donors (Lipinski definition) is 1. The van der Waals surface area contributed by atoms with Gasteiger partial charge in [-0.15, -0.1) is 0 Å². The summed E-state index contributed by atoms with van der Waals surface area (Å²) in [5, 5.41) is 0. The number of hydrogen-bond acceptors (Lipinski definition) is 4. The molecule has 0 aromatic heterocycles. The van der Waals surface area contributed by atoms with Gasteiger partial charge in [0.05, 0.1) is 13.2 Å². The Hall–Kier alpha value is -0.650. The second kappa shape index (κ2) is 6.63. The van der Waals surface area contributed by atoms with Crippen molar-refractivity contribution in [3.8, 4) is 0 Å². The number of likely N-dealkylation sites (tertiary alicyclic amines) is 1. The third-order valence-electron chi connectivity index (χ3n) is 5.62. The summed E-state index contributed by atoms with van der Waals surface area (Å²) in [5.74, 6) is 1.07. The van der Waals surface area contributed by atoms with Gasteiger partial charge in [0.15, 0.2) is 0 Å². The van der Waals surface area contributed by atoms with Crippen LogP contribution in [0.5, 0.6) is 0 Å². The highest BCUT2D eigenvalue weighted by Crippen LogP contribution is 2.30. The van der Waals surface area contributed by atoms with E-state index in [1.54, 1.807) is 0 Å². The van der Waals surface area contributed by atoms with Gasteiger partial charge in [0.2, 0.25) is 5.91 Å².